The number of nitrogens with zero attached hydrogens (tertiary/aromatic N) is 2. The van der Waals surface area contributed by atoms with E-state index >= 15 is 0 Å². The van der Waals surface area contributed by atoms with E-state index in [1.165, 1.54) is 0 Å². The van der Waals surface area contributed by atoms with E-state index in [4.69, 9.17) is 51.1 Å². The summed E-state index contributed by atoms with van der Waals surface area (Å²) >= 11 is 24.5. The molecule has 0 aliphatic carbocycles. The lowest BCUT2D eigenvalue weighted by atomic mass is 10.1. The number of hydrogen-bond donors (Lipinski definition) is 1. The maximum Gasteiger partial charge on any atom is 0.255 e. The summed E-state index contributed by atoms with van der Waals surface area (Å²) in [5.41, 5.74) is 2.72. The lowest BCUT2D eigenvalue weighted by Crippen LogP contribution is -2.11. The molecule has 0 spiro atoms. The van der Waals surface area contributed by atoms with Gasteiger partial charge in [-0.25, -0.2) is 0 Å². The first kappa shape index (κ1) is 23.5. The third-order valence-electron chi connectivity index (χ3n) is 4.78. The Balaban J connectivity index is 1.35. The van der Waals surface area contributed by atoms with Gasteiger partial charge in [-0.15, -0.1) is 0 Å². The number of rotatable bonds is 7. The van der Waals surface area contributed by atoms with E-state index in [1.54, 1.807) is 65.6 Å². The van der Waals surface area contributed by atoms with Gasteiger partial charge in [-0.2, -0.15) is 5.10 Å². The largest absolute Gasteiger partial charge is 0.487 e. The van der Waals surface area contributed by atoms with Crippen LogP contribution in [0.2, 0.25) is 20.1 Å². The maximum atomic E-state index is 12.6. The van der Waals surface area contributed by atoms with Gasteiger partial charge in [0.1, 0.15) is 12.4 Å². The molecule has 1 aromatic heterocycles. The summed E-state index contributed by atoms with van der Waals surface area (Å²) in [6, 6.07) is 17.5. The van der Waals surface area contributed by atoms with Gasteiger partial charge in [0, 0.05) is 32.4 Å². The minimum Gasteiger partial charge on any atom is -0.487 e. The first-order valence-electron chi connectivity index (χ1n) is 9.82. The summed E-state index contributed by atoms with van der Waals surface area (Å²) in [5, 5.41) is 9.21. The monoisotopic (exact) mass is 519 g/mol. The SMILES string of the molecule is O=C(Nc1cnn(Cc2c(Cl)cccc2Cl)c1)c1ccc(COc2ccc(Cl)cc2Cl)cc1. The average molecular weight is 521 g/mol. The number of hydrogen-bond acceptors (Lipinski definition) is 3. The molecule has 9 heteroatoms. The van der Waals surface area contributed by atoms with Crippen molar-refractivity contribution < 1.29 is 9.53 Å². The Morgan fingerprint density at radius 2 is 1.67 bits per heavy atom. The van der Waals surface area contributed by atoms with Gasteiger partial charge < -0.3 is 10.1 Å². The van der Waals surface area contributed by atoms with Gasteiger partial charge in [-0.05, 0) is 48.0 Å². The Morgan fingerprint density at radius 1 is 0.939 bits per heavy atom. The molecular formula is C24H17Cl4N3O2. The van der Waals surface area contributed by atoms with Crippen molar-refractivity contribution in [2.75, 3.05) is 5.32 Å². The van der Waals surface area contributed by atoms with Crippen LogP contribution >= 0.6 is 46.4 Å². The second kappa shape index (κ2) is 10.5. The van der Waals surface area contributed by atoms with Crippen LogP contribution in [0.25, 0.3) is 0 Å². The van der Waals surface area contributed by atoms with E-state index in [9.17, 15) is 4.79 Å². The number of aromatic nitrogens is 2. The molecule has 0 atom stereocenters. The lowest BCUT2D eigenvalue weighted by Gasteiger charge is -2.09. The van der Waals surface area contributed by atoms with Crippen LogP contribution in [0.3, 0.4) is 0 Å². The Hall–Kier alpha value is -2.70. The maximum absolute atomic E-state index is 12.6. The highest BCUT2D eigenvalue weighted by atomic mass is 35.5. The first-order chi connectivity index (χ1) is 15.9. The smallest absolute Gasteiger partial charge is 0.255 e. The molecule has 4 rings (SSSR count). The average Bonchev–Trinajstić information content (AvgIpc) is 3.23. The predicted octanol–water partition coefficient (Wildman–Crippen LogP) is 7.38. The Labute approximate surface area is 210 Å². The molecule has 0 fully saturated rings. The van der Waals surface area contributed by atoms with Crippen LogP contribution < -0.4 is 10.1 Å². The second-order valence-corrected chi connectivity index (χ2v) is 8.80. The van der Waals surface area contributed by atoms with Gasteiger partial charge in [0.05, 0.1) is 23.5 Å². The number of amides is 1. The molecule has 1 amide bonds. The second-order valence-electron chi connectivity index (χ2n) is 7.14. The number of carbonyl (C=O) groups is 1. The van der Waals surface area contributed by atoms with Crippen LogP contribution in [0.15, 0.2) is 73.1 Å². The van der Waals surface area contributed by atoms with Crippen molar-refractivity contribution >= 4 is 58.0 Å². The Morgan fingerprint density at radius 3 is 2.36 bits per heavy atom. The first-order valence-corrected chi connectivity index (χ1v) is 11.3. The Bertz CT molecular complexity index is 1270. The minimum atomic E-state index is -0.251. The topological polar surface area (TPSA) is 56.2 Å². The van der Waals surface area contributed by atoms with Crippen LogP contribution in [-0.4, -0.2) is 15.7 Å². The molecular weight excluding hydrogens is 504 g/mol. The normalized spacial score (nSPS) is 10.8. The van der Waals surface area contributed by atoms with Gasteiger partial charge in [-0.1, -0.05) is 64.6 Å². The van der Waals surface area contributed by atoms with E-state index in [-0.39, 0.29) is 5.91 Å². The van der Waals surface area contributed by atoms with E-state index in [0.717, 1.165) is 11.1 Å². The summed E-state index contributed by atoms with van der Waals surface area (Å²) in [6.07, 6.45) is 3.29. The number of carbonyl (C=O) groups excluding carboxylic acids is 1. The van der Waals surface area contributed by atoms with Crippen molar-refractivity contribution in [3.63, 3.8) is 0 Å². The van der Waals surface area contributed by atoms with Crippen molar-refractivity contribution in [2.24, 2.45) is 0 Å². The van der Waals surface area contributed by atoms with Gasteiger partial charge >= 0.3 is 0 Å². The number of anilines is 1. The number of benzene rings is 3. The van der Waals surface area contributed by atoms with E-state index < -0.39 is 0 Å². The van der Waals surface area contributed by atoms with Crippen molar-refractivity contribution in [1.82, 2.24) is 9.78 Å². The van der Waals surface area contributed by atoms with E-state index in [1.807, 2.05) is 12.1 Å². The van der Waals surface area contributed by atoms with Gasteiger partial charge in [-0.3, -0.25) is 9.48 Å². The molecule has 5 nitrogen and oxygen atoms in total. The fraction of sp³-hybridized carbons (Fsp3) is 0.0833. The summed E-state index contributed by atoms with van der Waals surface area (Å²) in [5.74, 6) is 0.288. The zero-order valence-corrected chi connectivity index (χ0v) is 20.1. The fourth-order valence-corrected chi connectivity index (χ4v) is 4.05. The van der Waals surface area contributed by atoms with E-state index in [2.05, 4.69) is 10.4 Å². The fourth-order valence-electron chi connectivity index (χ4n) is 3.07. The molecule has 168 valence electrons. The highest BCUT2D eigenvalue weighted by Crippen LogP contribution is 2.28. The zero-order valence-electron chi connectivity index (χ0n) is 17.1. The molecule has 1 heterocycles. The van der Waals surface area contributed by atoms with Gasteiger partial charge in [0.25, 0.3) is 5.91 Å². The highest BCUT2D eigenvalue weighted by Gasteiger charge is 2.11. The molecule has 1 N–H and O–H groups in total. The molecule has 0 bridgehead atoms. The van der Waals surface area contributed by atoms with Crippen LogP contribution in [0.5, 0.6) is 5.75 Å². The molecule has 0 aliphatic heterocycles. The quantitative estimate of drug-likeness (QED) is 0.276. The third kappa shape index (κ3) is 6.01. The lowest BCUT2D eigenvalue weighted by molar-refractivity contribution is 0.102. The summed E-state index contributed by atoms with van der Waals surface area (Å²) in [6.45, 7) is 0.696. The predicted molar refractivity (Wildman–Crippen MR) is 133 cm³/mol. The van der Waals surface area contributed by atoms with Crippen LogP contribution in [0, 0.1) is 0 Å². The van der Waals surface area contributed by atoms with Crippen LogP contribution in [0.4, 0.5) is 5.69 Å². The van der Waals surface area contributed by atoms with Crippen LogP contribution in [-0.2, 0) is 13.2 Å². The molecule has 33 heavy (non-hydrogen) atoms. The van der Waals surface area contributed by atoms with Crippen molar-refractivity contribution in [1.29, 1.82) is 0 Å². The summed E-state index contributed by atoms with van der Waals surface area (Å²) in [7, 11) is 0. The molecule has 0 aliphatic rings. The molecule has 0 unspecified atom stereocenters. The van der Waals surface area contributed by atoms with Gasteiger partial charge in [0.15, 0.2) is 0 Å². The van der Waals surface area contributed by atoms with Gasteiger partial charge in [0.2, 0.25) is 0 Å². The molecule has 0 saturated heterocycles. The van der Waals surface area contributed by atoms with E-state index in [0.29, 0.717) is 50.2 Å². The Kier molecular flexibility index (Phi) is 7.46. The minimum absolute atomic E-state index is 0.251. The van der Waals surface area contributed by atoms with Crippen molar-refractivity contribution in [3.8, 4) is 5.75 Å². The van der Waals surface area contributed by atoms with Crippen molar-refractivity contribution in [2.45, 2.75) is 13.2 Å². The highest BCUT2D eigenvalue weighted by molar-refractivity contribution is 6.36. The molecule has 0 radical (unpaired) electrons. The van der Waals surface area contributed by atoms with Crippen LogP contribution in [0.1, 0.15) is 21.5 Å². The van der Waals surface area contributed by atoms with Crippen molar-refractivity contribution in [3.05, 3.63) is 110 Å². The summed E-state index contributed by atoms with van der Waals surface area (Å²) in [4.78, 5) is 12.6. The zero-order chi connectivity index (χ0) is 23.4. The molecule has 4 aromatic rings. The number of ether oxygens (including phenoxy) is 1. The number of nitrogens with one attached hydrogen (secondary N) is 1. The number of halogens is 4. The third-order valence-corrected chi connectivity index (χ3v) is 6.02. The summed E-state index contributed by atoms with van der Waals surface area (Å²) < 4.78 is 7.38. The molecule has 0 saturated carbocycles. The molecule has 3 aromatic carbocycles. The standard InChI is InChI=1S/C24H17Cl4N3O2/c25-17-8-9-23(22(28)10-17)33-14-15-4-6-16(7-5-15)24(32)30-18-11-29-31(12-18)13-19-20(26)2-1-3-21(19)27/h1-12H,13-14H2,(H,30,32).